The Kier molecular flexibility index (Phi) is 55.4. The minimum atomic E-state index is -0.599. The molecule has 0 aliphatic heterocycles. The molecule has 68 heavy (non-hydrogen) atoms. The smallest absolute Gasteiger partial charge is 1.00 e. The van der Waals surface area contributed by atoms with Gasteiger partial charge >= 0.3 is 41.9 Å². The number of halogens is 5. The van der Waals surface area contributed by atoms with Crippen molar-refractivity contribution < 1.29 is 124 Å². The van der Waals surface area contributed by atoms with Gasteiger partial charge in [-0.15, -0.1) is 23.2 Å². The van der Waals surface area contributed by atoms with Crippen molar-refractivity contribution in [3.8, 4) is 0 Å². The van der Waals surface area contributed by atoms with E-state index in [1.807, 2.05) is 12.1 Å². The molecule has 11 nitrogen and oxygen atoms in total. The van der Waals surface area contributed by atoms with Gasteiger partial charge in [-0.2, -0.15) is 0 Å². The summed E-state index contributed by atoms with van der Waals surface area (Å²) in [6.07, 6.45) is 10.8. The number of ketones is 2. The minimum absolute atomic E-state index is 0. The Morgan fingerprint density at radius 1 is 0.485 bits per heavy atom. The Hall–Kier alpha value is -1.16. The molecular weight excluding hydrogens is 1030 g/mol. The van der Waals surface area contributed by atoms with Crippen molar-refractivity contribution in [2.24, 2.45) is 0 Å². The molecule has 0 saturated heterocycles. The number of benzene rings is 2. The van der Waals surface area contributed by atoms with E-state index in [1.165, 1.54) is 38.5 Å². The van der Waals surface area contributed by atoms with Crippen LogP contribution in [-0.4, -0.2) is 122 Å². The van der Waals surface area contributed by atoms with Crippen molar-refractivity contribution in [2.45, 2.75) is 146 Å². The normalized spacial score (nSPS) is 10.3. The third kappa shape index (κ3) is 35.0. The van der Waals surface area contributed by atoms with Gasteiger partial charge in [0.15, 0.2) is 11.6 Å². The number of nitrogens with zero attached hydrogens (tertiary/aromatic N) is 2. The van der Waals surface area contributed by atoms with Gasteiger partial charge in [0.2, 0.25) is 0 Å². The van der Waals surface area contributed by atoms with E-state index in [2.05, 4.69) is 93.5 Å². The van der Waals surface area contributed by atoms with E-state index in [0.717, 1.165) is 85.2 Å². The fourth-order valence-corrected chi connectivity index (χ4v) is 7.65. The SMILES string of the molecule is CCCCCCCOC(=O)OCC[N+](CC)(CC)CC(=O)Cc1c(C)cccc1C.CCCCCCCOC(=O)OCC[N+](CC)(CC)CC(=O)Cc1c(C)cccc1C.ClCCl.[Br-].[Cl-].[Cl-].[Na+].[OH-]. The third-order valence-corrected chi connectivity index (χ3v) is 12.3. The fourth-order valence-electron chi connectivity index (χ4n) is 7.65. The molecule has 0 atom stereocenters. The van der Waals surface area contributed by atoms with Gasteiger partial charge in [0, 0.05) is 12.8 Å². The maximum atomic E-state index is 12.8. The number of hydrogen-bond acceptors (Lipinski definition) is 9. The van der Waals surface area contributed by atoms with E-state index in [-0.39, 0.29) is 107 Å². The Balaban J connectivity index is -0.000000250. The maximum Gasteiger partial charge on any atom is 1.00 e. The van der Waals surface area contributed by atoms with E-state index < -0.39 is 12.3 Å². The molecule has 0 saturated carbocycles. The summed E-state index contributed by atoms with van der Waals surface area (Å²) in [5.74, 6) is 0.455. The second-order valence-corrected chi connectivity index (χ2v) is 17.5. The predicted molar refractivity (Wildman–Crippen MR) is 262 cm³/mol. The van der Waals surface area contributed by atoms with Crippen molar-refractivity contribution in [3.63, 3.8) is 0 Å². The molecule has 0 aliphatic carbocycles. The first-order chi connectivity index (χ1) is 30.2. The number of Topliss-reactive ketones (excluding diaryl/α,β-unsaturated/α-hetero) is 2. The molecule has 0 radical (unpaired) electrons. The number of ether oxygens (including phenoxy) is 4. The van der Waals surface area contributed by atoms with Crippen molar-refractivity contribution in [1.82, 2.24) is 0 Å². The van der Waals surface area contributed by atoms with Crippen LogP contribution in [0.5, 0.6) is 0 Å². The van der Waals surface area contributed by atoms with Gasteiger partial charge in [-0.1, -0.05) is 102 Å². The number of likely N-dealkylation sites (N-methyl/N-ethyl adjacent to an activating group) is 2. The molecule has 0 aliphatic rings. The molecule has 2 aromatic carbocycles. The number of aryl methyl sites for hydroxylation is 4. The molecule has 0 aromatic heterocycles. The summed E-state index contributed by atoms with van der Waals surface area (Å²) < 4.78 is 22.1. The van der Waals surface area contributed by atoms with Crippen LogP contribution in [0, 0.1) is 27.7 Å². The van der Waals surface area contributed by atoms with E-state index >= 15 is 0 Å². The first kappa shape index (κ1) is 78.3. The topological polar surface area (TPSA) is 135 Å². The molecule has 2 rings (SSSR count). The van der Waals surface area contributed by atoms with E-state index in [9.17, 15) is 19.2 Å². The second-order valence-electron chi connectivity index (χ2n) is 16.7. The molecular formula is C51H87BrCl4N2NaO9-. The average Bonchev–Trinajstić information content (AvgIpc) is 3.25. The summed E-state index contributed by atoms with van der Waals surface area (Å²) in [6, 6.07) is 12.3. The number of rotatable bonds is 30. The van der Waals surface area contributed by atoms with Crippen LogP contribution in [0.1, 0.15) is 139 Å². The van der Waals surface area contributed by atoms with Crippen LogP contribution in [0.25, 0.3) is 0 Å². The van der Waals surface area contributed by atoms with Crippen LogP contribution in [0.4, 0.5) is 9.59 Å². The first-order valence-corrected chi connectivity index (χ1v) is 24.8. The molecule has 0 bridgehead atoms. The largest absolute Gasteiger partial charge is 1.00 e. The van der Waals surface area contributed by atoms with Crippen molar-refractivity contribution in [1.29, 1.82) is 0 Å². The maximum absolute atomic E-state index is 12.8. The summed E-state index contributed by atoms with van der Waals surface area (Å²) in [7, 11) is 0. The zero-order valence-corrected chi connectivity index (χ0v) is 50.2. The molecule has 0 unspecified atom stereocenters. The zero-order chi connectivity index (χ0) is 47.5. The van der Waals surface area contributed by atoms with E-state index in [0.29, 0.717) is 61.2 Å². The van der Waals surface area contributed by atoms with Gasteiger partial charge in [0.25, 0.3) is 0 Å². The number of alkyl halides is 2. The van der Waals surface area contributed by atoms with Crippen molar-refractivity contribution in [2.75, 3.05) is 84.1 Å². The number of carbonyl (C=O) groups is 4. The van der Waals surface area contributed by atoms with Crippen LogP contribution in [0.2, 0.25) is 0 Å². The monoisotopic (exact) mass is 1110 g/mol. The van der Waals surface area contributed by atoms with Crippen LogP contribution in [0.15, 0.2) is 36.4 Å². The summed E-state index contributed by atoms with van der Waals surface area (Å²) in [5.41, 5.74) is 6.91. The quantitative estimate of drug-likeness (QED) is 0.0350. The van der Waals surface area contributed by atoms with Gasteiger partial charge in [0.05, 0.1) is 44.7 Å². The number of carbonyl (C=O) groups excluding carboxylic acids is 4. The minimum Gasteiger partial charge on any atom is -1.00 e. The summed E-state index contributed by atoms with van der Waals surface area (Å²) in [5, 5.41) is 0.194. The number of hydrogen-bond donors (Lipinski definition) is 0. The molecule has 0 amide bonds. The molecule has 2 aromatic rings. The first-order valence-electron chi connectivity index (χ1n) is 23.7. The van der Waals surface area contributed by atoms with Gasteiger partial charge < -0.3 is 75.2 Å². The average molecular weight is 1120 g/mol. The van der Waals surface area contributed by atoms with Crippen LogP contribution < -0.4 is 71.4 Å². The molecule has 1 N–H and O–H groups in total. The standard InChI is InChI=1S/2C25H42NO4.CH2Cl2.BrH.2ClH.Na.H2O/c2*1-6-9-10-11-12-17-29-25(28)30-18-16-26(7-2,8-3)20-23(27)19-24-21(4)14-13-15-22(24)5;2-1-3;;;;;/h2*13-15H,6-12,16-20H2,1-5H3;1H2;3*1H;;1H2/q2*+1;;;;;+1;/p-4. The predicted octanol–water partition coefficient (Wildman–Crippen LogP) is 0.0512. The zero-order valence-electron chi connectivity index (χ0n) is 43.6. The van der Waals surface area contributed by atoms with Gasteiger partial charge in [-0.25, -0.2) is 9.59 Å². The van der Waals surface area contributed by atoms with Gasteiger partial charge in [-0.3, -0.25) is 9.59 Å². The third-order valence-electron chi connectivity index (χ3n) is 12.3. The van der Waals surface area contributed by atoms with Gasteiger partial charge in [0.1, 0.15) is 39.4 Å². The number of quaternary nitrogens is 2. The Bertz CT molecular complexity index is 1430. The van der Waals surface area contributed by atoms with Crippen LogP contribution >= 0.6 is 23.2 Å². The Morgan fingerprint density at radius 2 is 0.750 bits per heavy atom. The Labute approximate surface area is 467 Å². The van der Waals surface area contributed by atoms with Gasteiger partial charge in [-0.05, 0) is 102 Å². The summed E-state index contributed by atoms with van der Waals surface area (Å²) in [6.45, 7) is 27.8. The molecule has 0 heterocycles. The van der Waals surface area contributed by atoms with E-state index in [4.69, 9.17) is 42.1 Å². The summed E-state index contributed by atoms with van der Waals surface area (Å²) in [4.78, 5) is 49.3. The summed E-state index contributed by atoms with van der Waals surface area (Å²) >= 11 is 9.53. The Morgan fingerprint density at radius 3 is 1.01 bits per heavy atom. The number of unbranched alkanes of at least 4 members (excludes halogenated alkanes) is 8. The molecule has 0 fully saturated rings. The second kappa shape index (κ2) is 48.1. The van der Waals surface area contributed by atoms with Crippen molar-refractivity contribution in [3.05, 3.63) is 69.8 Å². The molecule has 17 heteroatoms. The van der Waals surface area contributed by atoms with Crippen LogP contribution in [0.3, 0.4) is 0 Å². The van der Waals surface area contributed by atoms with E-state index in [1.54, 1.807) is 0 Å². The fraction of sp³-hybridized carbons (Fsp3) is 0.686. The molecule has 392 valence electrons. The molecule has 0 spiro atoms. The van der Waals surface area contributed by atoms with Crippen LogP contribution in [-0.2, 0) is 41.4 Å². The van der Waals surface area contributed by atoms with Crippen molar-refractivity contribution >= 4 is 47.1 Å².